The summed E-state index contributed by atoms with van der Waals surface area (Å²) in [4.78, 5) is 11.2. The molecule has 1 aliphatic rings. The quantitative estimate of drug-likeness (QED) is 0.739. The van der Waals surface area contributed by atoms with Gasteiger partial charge in [0, 0.05) is 13.1 Å². The van der Waals surface area contributed by atoms with E-state index in [0.717, 1.165) is 12.8 Å². The third-order valence-corrected chi connectivity index (χ3v) is 5.80. The summed E-state index contributed by atoms with van der Waals surface area (Å²) in [5.41, 5.74) is -1.03. The third-order valence-electron chi connectivity index (χ3n) is 3.09. The summed E-state index contributed by atoms with van der Waals surface area (Å²) in [7, 11) is -3.39. The Balaban J connectivity index is 2.78. The number of piperidine rings is 1. The molecule has 0 bridgehead atoms. The molecule has 0 aliphatic carbocycles. The lowest BCUT2D eigenvalue weighted by atomic mass is 9.99. The maximum atomic E-state index is 12.2. The molecule has 0 aromatic heterocycles. The molecule has 1 aliphatic heterocycles. The standard InChI is InChI=1S/C11H20ClNO3S/c1-9-5-4-6-13(7-9)17(15,16)8-11(2,3)10(12)14/h9H,4-8H2,1-3H3. The molecule has 0 spiro atoms. The zero-order valence-electron chi connectivity index (χ0n) is 10.6. The summed E-state index contributed by atoms with van der Waals surface area (Å²) in [5, 5.41) is -0.605. The minimum absolute atomic E-state index is 0.213. The van der Waals surface area contributed by atoms with Crippen LogP contribution in [0.2, 0.25) is 0 Å². The SMILES string of the molecule is CC1CCCN(S(=O)(=O)CC(C)(C)C(=O)Cl)C1. The van der Waals surface area contributed by atoms with E-state index in [-0.39, 0.29) is 5.75 Å². The average Bonchev–Trinajstić information content (AvgIpc) is 2.15. The number of rotatable bonds is 4. The van der Waals surface area contributed by atoms with E-state index >= 15 is 0 Å². The number of carbonyl (C=O) groups is 1. The Bertz CT molecular complexity index is 392. The number of hydrogen-bond acceptors (Lipinski definition) is 3. The van der Waals surface area contributed by atoms with Crippen LogP contribution in [0.5, 0.6) is 0 Å². The van der Waals surface area contributed by atoms with Gasteiger partial charge in [-0.05, 0) is 30.4 Å². The average molecular weight is 282 g/mol. The van der Waals surface area contributed by atoms with Gasteiger partial charge in [-0.2, -0.15) is 0 Å². The molecule has 0 aromatic rings. The molecule has 4 nitrogen and oxygen atoms in total. The molecular formula is C11H20ClNO3S. The first kappa shape index (κ1) is 14.9. The molecular weight excluding hydrogens is 262 g/mol. The lowest BCUT2D eigenvalue weighted by Crippen LogP contribution is -2.44. The summed E-state index contributed by atoms with van der Waals surface area (Å²) in [6, 6.07) is 0. The summed E-state index contributed by atoms with van der Waals surface area (Å²) in [6.45, 7) is 6.27. The van der Waals surface area contributed by atoms with Crippen LogP contribution in [0.25, 0.3) is 0 Å². The van der Waals surface area contributed by atoms with Crippen molar-refractivity contribution in [3.63, 3.8) is 0 Å². The molecule has 1 heterocycles. The maximum Gasteiger partial charge on any atom is 0.228 e. The van der Waals surface area contributed by atoms with E-state index in [2.05, 4.69) is 0 Å². The summed E-state index contributed by atoms with van der Waals surface area (Å²) in [5.74, 6) is 0.169. The van der Waals surface area contributed by atoms with Crippen LogP contribution < -0.4 is 0 Å². The van der Waals surface area contributed by atoms with Gasteiger partial charge in [0.2, 0.25) is 15.3 Å². The first-order chi connectivity index (χ1) is 7.65. The van der Waals surface area contributed by atoms with Crippen molar-refractivity contribution >= 4 is 26.9 Å². The lowest BCUT2D eigenvalue weighted by Gasteiger charge is -2.32. The van der Waals surface area contributed by atoms with Gasteiger partial charge in [0.1, 0.15) is 0 Å². The van der Waals surface area contributed by atoms with E-state index < -0.39 is 20.7 Å². The van der Waals surface area contributed by atoms with Crippen molar-refractivity contribution in [2.45, 2.75) is 33.6 Å². The van der Waals surface area contributed by atoms with Gasteiger partial charge in [-0.3, -0.25) is 4.79 Å². The fourth-order valence-electron chi connectivity index (χ4n) is 2.00. The molecule has 1 rings (SSSR count). The minimum Gasteiger partial charge on any atom is -0.281 e. The van der Waals surface area contributed by atoms with Crippen molar-refractivity contribution in [1.82, 2.24) is 4.31 Å². The Labute approximate surface area is 108 Å². The van der Waals surface area contributed by atoms with Crippen LogP contribution in [-0.4, -0.2) is 36.8 Å². The minimum atomic E-state index is -3.39. The van der Waals surface area contributed by atoms with E-state index in [9.17, 15) is 13.2 Å². The van der Waals surface area contributed by atoms with Crippen molar-refractivity contribution in [3.05, 3.63) is 0 Å². The second-order valence-corrected chi connectivity index (χ2v) is 7.83. The van der Waals surface area contributed by atoms with Crippen molar-refractivity contribution in [2.75, 3.05) is 18.8 Å². The zero-order chi connectivity index (χ0) is 13.3. The van der Waals surface area contributed by atoms with E-state index in [4.69, 9.17) is 11.6 Å². The first-order valence-electron chi connectivity index (χ1n) is 5.83. The highest BCUT2D eigenvalue weighted by Gasteiger charge is 2.36. The molecule has 1 fully saturated rings. The van der Waals surface area contributed by atoms with Gasteiger partial charge in [-0.1, -0.05) is 20.8 Å². The number of halogens is 1. The van der Waals surface area contributed by atoms with Gasteiger partial charge < -0.3 is 0 Å². The van der Waals surface area contributed by atoms with E-state index in [1.54, 1.807) is 13.8 Å². The third kappa shape index (κ3) is 3.93. The van der Waals surface area contributed by atoms with Gasteiger partial charge in [-0.25, -0.2) is 12.7 Å². The van der Waals surface area contributed by atoms with Crippen LogP contribution in [0.3, 0.4) is 0 Å². The molecule has 6 heteroatoms. The van der Waals surface area contributed by atoms with E-state index in [0.29, 0.717) is 19.0 Å². The van der Waals surface area contributed by atoms with Gasteiger partial charge in [0.25, 0.3) is 0 Å². The van der Waals surface area contributed by atoms with Crippen molar-refractivity contribution in [1.29, 1.82) is 0 Å². The van der Waals surface area contributed by atoms with Crippen LogP contribution in [-0.2, 0) is 14.8 Å². The van der Waals surface area contributed by atoms with Gasteiger partial charge in [0.05, 0.1) is 11.2 Å². The maximum absolute atomic E-state index is 12.2. The summed E-state index contributed by atoms with van der Waals surface area (Å²) >= 11 is 5.42. The summed E-state index contributed by atoms with van der Waals surface area (Å²) < 4.78 is 25.8. The molecule has 0 aromatic carbocycles. The number of hydrogen-bond donors (Lipinski definition) is 0. The fourth-order valence-corrected chi connectivity index (χ4v) is 4.26. The molecule has 1 atom stereocenters. The van der Waals surface area contributed by atoms with Crippen molar-refractivity contribution < 1.29 is 13.2 Å². The Kier molecular flexibility index (Phi) is 4.60. The van der Waals surface area contributed by atoms with E-state index in [1.807, 2.05) is 6.92 Å². The lowest BCUT2D eigenvalue weighted by molar-refractivity contribution is -0.118. The second-order valence-electron chi connectivity index (χ2n) is 5.52. The molecule has 0 saturated carbocycles. The van der Waals surface area contributed by atoms with Gasteiger partial charge >= 0.3 is 0 Å². The van der Waals surface area contributed by atoms with Crippen LogP contribution in [0.1, 0.15) is 33.6 Å². The molecule has 17 heavy (non-hydrogen) atoms. The van der Waals surface area contributed by atoms with Crippen LogP contribution in [0.15, 0.2) is 0 Å². The molecule has 1 unspecified atom stereocenters. The molecule has 0 amide bonds. The molecule has 1 saturated heterocycles. The highest BCUT2D eigenvalue weighted by Crippen LogP contribution is 2.26. The van der Waals surface area contributed by atoms with Gasteiger partial charge in [0.15, 0.2) is 0 Å². The Morgan fingerprint density at radius 1 is 1.47 bits per heavy atom. The number of sulfonamides is 1. The monoisotopic (exact) mass is 281 g/mol. The normalized spacial score (nSPS) is 23.6. The van der Waals surface area contributed by atoms with Crippen LogP contribution in [0.4, 0.5) is 0 Å². The Morgan fingerprint density at radius 2 is 2.06 bits per heavy atom. The van der Waals surface area contributed by atoms with E-state index in [1.165, 1.54) is 4.31 Å². The second kappa shape index (κ2) is 5.24. The van der Waals surface area contributed by atoms with Gasteiger partial charge in [-0.15, -0.1) is 0 Å². The Morgan fingerprint density at radius 3 is 2.53 bits per heavy atom. The number of nitrogens with zero attached hydrogens (tertiary/aromatic N) is 1. The van der Waals surface area contributed by atoms with Crippen LogP contribution in [0, 0.1) is 11.3 Å². The smallest absolute Gasteiger partial charge is 0.228 e. The zero-order valence-corrected chi connectivity index (χ0v) is 12.1. The fraction of sp³-hybridized carbons (Fsp3) is 0.909. The first-order valence-corrected chi connectivity index (χ1v) is 7.81. The largest absolute Gasteiger partial charge is 0.281 e. The molecule has 100 valence electrons. The highest BCUT2D eigenvalue weighted by atomic mass is 35.5. The molecule has 0 N–H and O–H groups in total. The molecule has 0 radical (unpaired) electrons. The topological polar surface area (TPSA) is 54.5 Å². The predicted octanol–water partition coefficient (Wildman–Crippen LogP) is 1.84. The number of carbonyl (C=O) groups excluding carboxylic acids is 1. The van der Waals surface area contributed by atoms with Crippen molar-refractivity contribution in [2.24, 2.45) is 11.3 Å². The van der Waals surface area contributed by atoms with Crippen molar-refractivity contribution in [3.8, 4) is 0 Å². The van der Waals surface area contributed by atoms with Crippen LogP contribution >= 0.6 is 11.6 Å². The highest BCUT2D eigenvalue weighted by molar-refractivity contribution is 7.89. The Hall–Kier alpha value is -0.130. The summed E-state index contributed by atoms with van der Waals surface area (Å²) in [6.07, 6.45) is 1.94. The predicted molar refractivity (Wildman–Crippen MR) is 68.4 cm³/mol.